The van der Waals surface area contributed by atoms with E-state index in [0.29, 0.717) is 23.1 Å². The fraction of sp³-hybridized carbons (Fsp3) is 0.308. The van der Waals surface area contributed by atoms with Crippen molar-refractivity contribution in [3.8, 4) is 0 Å². The molecule has 1 aliphatic rings. The SMILES string of the molecule is CSc1nnc2n1CCCN2C(=O)c1ccc(Cl)cc1. The smallest absolute Gasteiger partial charge is 0.260 e. The van der Waals surface area contributed by atoms with Gasteiger partial charge in [-0.05, 0) is 36.9 Å². The molecule has 0 unspecified atom stereocenters. The quantitative estimate of drug-likeness (QED) is 0.800. The van der Waals surface area contributed by atoms with Gasteiger partial charge >= 0.3 is 0 Å². The van der Waals surface area contributed by atoms with E-state index in [9.17, 15) is 4.79 Å². The molecular weight excluding hydrogens is 296 g/mol. The maximum Gasteiger partial charge on any atom is 0.260 e. The van der Waals surface area contributed by atoms with Gasteiger partial charge < -0.3 is 0 Å². The van der Waals surface area contributed by atoms with Gasteiger partial charge in [0.15, 0.2) is 5.16 Å². The third-order valence-electron chi connectivity index (χ3n) is 3.22. The molecule has 104 valence electrons. The minimum absolute atomic E-state index is 0.0670. The first-order valence-corrected chi connectivity index (χ1v) is 7.85. The Kier molecular flexibility index (Phi) is 3.67. The van der Waals surface area contributed by atoms with E-state index >= 15 is 0 Å². The minimum atomic E-state index is -0.0670. The first-order valence-electron chi connectivity index (χ1n) is 6.25. The number of rotatable bonds is 2. The summed E-state index contributed by atoms with van der Waals surface area (Å²) in [5, 5.41) is 9.72. The zero-order chi connectivity index (χ0) is 14.1. The Morgan fingerprint density at radius 1 is 1.25 bits per heavy atom. The van der Waals surface area contributed by atoms with Crippen molar-refractivity contribution >= 4 is 35.2 Å². The summed E-state index contributed by atoms with van der Waals surface area (Å²) in [6.45, 7) is 1.51. The highest BCUT2D eigenvalue weighted by Crippen LogP contribution is 2.26. The van der Waals surface area contributed by atoms with Crippen LogP contribution in [-0.2, 0) is 6.54 Å². The summed E-state index contributed by atoms with van der Waals surface area (Å²) >= 11 is 7.39. The zero-order valence-corrected chi connectivity index (χ0v) is 12.5. The van der Waals surface area contributed by atoms with Gasteiger partial charge in [0.1, 0.15) is 0 Å². The normalized spacial score (nSPS) is 14.2. The molecule has 0 N–H and O–H groups in total. The molecule has 0 radical (unpaired) electrons. The molecule has 1 aromatic carbocycles. The molecule has 0 saturated carbocycles. The number of amides is 1. The molecule has 0 fully saturated rings. The van der Waals surface area contributed by atoms with Crippen LogP contribution in [0.5, 0.6) is 0 Å². The van der Waals surface area contributed by atoms with E-state index < -0.39 is 0 Å². The van der Waals surface area contributed by atoms with Crippen molar-refractivity contribution in [1.29, 1.82) is 0 Å². The summed E-state index contributed by atoms with van der Waals surface area (Å²) in [5.74, 6) is 0.559. The fourth-order valence-electron chi connectivity index (χ4n) is 2.25. The molecule has 0 saturated heterocycles. The second-order valence-corrected chi connectivity index (χ2v) is 5.67. The van der Waals surface area contributed by atoms with Gasteiger partial charge in [-0.2, -0.15) is 0 Å². The highest BCUT2D eigenvalue weighted by Gasteiger charge is 2.27. The van der Waals surface area contributed by atoms with Crippen LogP contribution in [0.2, 0.25) is 5.02 Å². The topological polar surface area (TPSA) is 51.0 Å². The molecule has 0 bridgehead atoms. The van der Waals surface area contributed by atoms with Gasteiger partial charge in [0.05, 0.1) is 0 Å². The van der Waals surface area contributed by atoms with Crippen LogP contribution in [0, 0.1) is 0 Å². The van der Waals surface area contributed by atoms with E-state index in [2.05, 4.69) is 10.2 Å². The fourth-order valence-corrected chi connectivity index (χ4v) is 2.90. The molecule has 3 rings (SSSR count). The van der Waals surface area contributed by atoms with Gasteiger partial charge in [-0.25, -0.2) is 0 Å². The standard InChI is InChI=1S/C13H13ClN4OS/c1-20-13-16-15-12-17(7-2-8-18(12)13)11(19)9-3-5-10(14)6-4-9/h3-6H,2,7-8H2,1H3. The van der Waals surface area contributed by atoms with Crippen LogP contribution in [-0.4, -0.2) is 33.5 Å². The highest BCUT2D eigenvalue weighted by atomic mass is 35.5. The van der Waals surface area contributed by atoms with Crippen LogP contribution in [0.1, 0.15) is 16.8 Å². The van der Waals surface area contributed by atoms with Gasteiger partial charge in [0.2, 0.25) is 5.95 Å². The Balaban J connectivity index is 1.94. The minimum Gasteiger partial charge on any atom is -0.288 e. The Hall–Kier alpha value is -1.53. The Morgan fingerprint density at radius 3 is 2.70 bits per heavy atom. The number of hydrogen-bond donors (Lipinski definition) is 0. The van der Waals surface area contributed by atoms with Gasteiger partial charge in [-0.3, -0.25) is 14.3 Å². The van der Waals surface area contributed by atoms with Gasteiger partial charge in [0, 0.05) is 23.7 Å². The lowest BCUT2D eigenvalue weighted by molar-refractivity contribution is 0.0980. The molecule has 5 nitrogen and oxygen atoms in total. The first-order chi connectivity index (χ1) is 9.70. The Bertz CT molecular complexity index is 640. The molecule has 0 aliphatic carbocycles. The average Bonchev–Trinajstić information content (AvgIpc) is 2.90. The lowest BCUT2D eigenvalue weighted by atomic mass is 10.2. The lowest BCUT2D eigenvalue weighted by Crippen LogP contribution is -2.37. The van der Waals surface area contributed by atoms with Crippen molar-refractivity contribution in [2.75, 3.05) is 17.7 Å². The molecule has 2 heterocycles. The van der Waals surface area contributed by atoms with Gasteiger partial charge in [-0.15, -0.1) is 10.2 Å². The van der Waals surface area contributed by atoms with Crippen LogP contribution in [0.3, 0.4) is 0 Å². The number of benzene rings is 1. The largest absolute Gasteiger partial charge is 0.288 e. The zero-order valence-electron chi connectivity index (χ0n) is 10.9. The monoisotopic (exact) mass is 308 g/mol. The predicted molar refractivity (Wildman–Crippen MR) is 79.5 cm³/mol. The summed E-state index contributed by atoms with van der Waals surface area (Å²) in [7, 11) is 0. The number of hydrogen-bond acceptors (Lipinski definition) is 4. The van der Waals surface area contributed by atoms with Crippen molar-refractivity contribution in [2.45, 2.75) is 18.1 Å². The molecule has 1 amide bonds. The Labute approximate surface area is 125 Å². The second kappa shape index (κ2) is 5.46. The Morgan fingerprint density at radius 2 is 2.00 bits per heavy atom. The third kappa shape index (κ3) is 2.29. The van der Waals surface area contributed by atoms with Crippen molar-refractivity contribution in [3.05, 3.63) is 34.9 Å². The van der Waals surface area contributed by atoms with Gasteiger partial charge in [0.25, 0.3) is 5.91 Å². The number of carbonyl (C=O) groups excluding carboxylic acids is 1. The van der Waals surface area contributed by atoms with E-state index in [1.165, 1.54) is 11.8 Å². The van der Waals surface area contributed by atoms with Crippen molar-refractivity contribution in [3.63, 3.8) is 0 Å². The summed E-state index contributed by atoms with van der Waals surface area (Å²) in [4.78, 5) is 14.2. The van der Waals surface area contributed by atoms with Crippen LogP contribution >= 0.6 is 23.4 Å². The van der Waals surface area contributed by atoms with E-state index in [0.717, 1.165) is 18.1 Å². The summed E-state index contributed by atoms with van der Waals surface area (Å²) in [5.41, 5.74) is 0.608. The number of aromatic nitrogens is 3. The maximum atomic E-state index is 12.6. The molecule has 1 aromatic heterocycles. The molecule has 20 heavy (non-hydrogen) atoms. The number of nitrogens with zero attached hydrogens (tertiary/aromatic N) is 4. The van der Waals surface area contributed by atoms with E-state index in [1.54, 1.807) is 29.2 Å². The van der Waals surface area contributed by atoms with Crippen molar-refractivity contribution < 1.29 is 4.79 Å². The van der Waals surface area contributed by atoms with E-state index in [1.807, 2.05) is 10.8 Å². The summed E-state index contributed by atoms with van der Waals surface area (Å²) < 4.78 is 1.99. The molecule has 2 aromatic rings. The van der Waals surface area contributed by atoms with Crippen LogP contribution < -0.4 is 4.90 Å². The summed E-state index contributed by atoms with van der Waals surface area (Å²) in [6, 6.07) is 6.90. The van der Waals surface area contributed by atoms with Crippen molar-refractivity contribution in [2.24, 2.45) is 0 Å². The van der Waals surface area contributed by atoms with Gasteiger partial charge in [-0.1, -0.05) is 23.4 Å². The molecule has 0 spiro atoms. The van der Waals surface area contributed by atoms with E-state index in [4.69, 9.17) is 11.6 Å². The number of carbonyl (C=O) groups is 1. The molecule has 0 atom stereocenters. The number of halogens is 1. The number of anilines is 1. The molecule has 7 heteroatoms. The summed E-state index contributed by atoms with van der Waals surface area (Å²) in [6.07, 6.45) is 2.86. The number of fused-ring (bicyclic) bond motifs is 1. The van der Waals surface area contributed by atoms with Crippen LogP contribution in [0.15, 0.2) is 29.4 Å². The molecule has 1 aliphatic heterocycles. The van der Waals surface area contributed by atoms with Crippen molar-refractivity contribution in [1.82, 2.24) is 14.8 Å². The molecular formula is C13H13ClN4OS. The highest BCUT2D eigenvalue weighted by molar-refractivity contribution is 7.98. The third-order valence-corrected chi connectivity index (χ3v) is 4.14. The van der Waals surface area contributed by atoms with E-state index in [-0.39, 0.29) is 5.91 Å². The van der Waals surface area contributed by atoms with Crippen LogP contribution in [0.4, 0.5) is 5.95 Å². The predicted octanol–water partition coefficient (Wildman–Crippen LogP) is 2.70. The second-order valence-electron chi connectivity index (χ2n) is 4.46. The maximum absolute atomic E-state index is 12.6. The van der Waals surface area contributed by atoms with Crippen LogP contribution in [0.25, 0.3) is 0 Å². The number of thioether (sulfide) groups is 1. The average molecular weight is 309 g/mol. The first kappa shape index (κ1) is 13.5. The lowest BCUT2D eigenvalue weighted by Gasteiger charge is -2.27.